The lowest BCUT2D eigenvalue weighted by atomic mass is 9.85. The number of sulfonamides is 1. The number of rotatable bonds is 6. The predicted molar refractivity (Wildman–Crippen MR) is 119 cm³/mol. The van der Waals surface area contributed by atoms with Gasteiger partial charge in [0.1, 0.15) is 11.4 Å². The van der Waals surface area contributed by atoms with Gasteiger partial charge in [-0.3, -0.25) is 4.79 Å². The van der Waals surface area contributed by atoms with Crippen molar-refractivity contribution in [2.45, 2.75) is 43.6 Å². The third-order valence-corrected chi connectivity index (χ3v) is 7.77. The molecular weight excluding hydrogens is 430 g/mol. The van der Waals surface area contributed by atoms with Gasteiger partial charge >= 0.3 is 0 Å². The van der Waals surface area contributed by atoms with Gasteiger partial charge in [-0.15, -0.1) is 0 Å². The maximum Gasteiger partial charge on any atom is 0.258 e. The van der Waals surface area contributed by atoms with Crippen molar-refractivity contribution in [2.75, 3.05) is 14.1 Å². The average molecular weight is 456 g/mol. The lowest BCUT2D eigenvalue weighted by Gasteiger charge is -2.36. The number of carbonyl (C=O) groups excluding carboxylic acids is 1. The third-order valence-electron chi connectivity index (χ3n) is 5.94. The summed E-state index contributed by atoms with van der Waals surface area (Å²) in [6.07, 6.45) is 1.86. The highest BCUT2D eigenvalue weighted by molar-refractivity contribution is 7.89. The first-order valence-electron chi connectivity index (χ1n) is 10.4. The minimum Gasteiger partial charge on any atom is -0.486 e. The molecule has 9 heteroatoms. The molecule has 0 aliphatic carbocycles. The summed E-state index contributed by atoms with van der Waals surface area (Å²) in [6, 6.07) is 11.5. The largest absolute Gasteiger partial charge is 0.486 e. The zero-order valence-corrected chi connectivity index (χ0v) is 19.3. The van der Waals surface area contributed by atoms with Crippen molar-refractivity contribution < 1.29 is 22.5 Å². The quantitative estimate of drug-likeness (QED) is 0.549. The molecule has 168 valence electrons. The molecule has 8 nitrogen and oxygen atoms in total. The van der Waals surface area contributed by atoms with Gasteiger partial charge in [0.2, 0.25) is 15.8 Å². The summed E-state index contributed by atoms with van der Waals surface area (Å²) in [6.45, 7) is 4.05. The summed E-state index contributed by atoms with van der Waals surface area (Å²) in [5, 5.41) is 4.01. The van der Waals surface area contributed by atoms with Crippen LogP contribution in [0.3, 0.4) is 0 Å². The standard InChI is InChI=1S/C23H25N3O5S/c1-5-23(6-2)14-19(27)18-13-16(9-12-20(18)30-23)22-24-21(25-31-22)15-7-10-17(11-8-15)32(28,29)26(3)4/h7-13H,5-6,14H2,1-4H3. The number of Topliss-reactive ketones (excluding diaryl/α,β-unsaturated/α-hetero) is 1. The van der Waals surface area contributed by atoms with Crippen LogP contribution >= 0.6 is 0 Å². The van der Waals surface area contributed by atoms with Gasteiger partial charge in [-0.05, 0) is 55.3 Å². The zero-order valence-electron chi connectivity index (χ0n) is 18.5. The SMILES string of the molecule is CCC1(CC)CC(=O)c2cc(-c3nc(-c4ccc(S(=O)(=O)N(C)C)cc4)no3)ccc2O1. The monoisotopic (exact) mass is 455 g/mol. The number of benzene rings is 2. The molecule has 0 amide bonds. The molecule has 1 aromatic heterocycles. The Labute approximate surface area is 187 Å². The van der Waals surface area contributed by atoms with E-state index >= 15 is 0 Å². The van der Waals surface area contributed by atoms with Crippen LogP contribution in [0.25, 0.3) is 22.8 Å². The molecule has 0 bridgehead atoms. The van der Waals surface area contributed by atoms with E-state index in [9.17, 15) is 13.2 Å². The fourth-order valence-electron chi connectivity index (χ4n) is 3.72. The van der Waals surface area contributed by atoms with Gasteiger partial charge < -0.3 is 9.26 Å². The smallest absolute Gasteiger partial charge is 0.258 e. The van der Waals surface area contributed by atoms with Crippen molar-refractivity contribution in [1.29, 1.82) is 0 Å². The Hall–Kier alpha value is -3.04. The Morgan fingerprint density at radius 3 is 2.31 bits per heavy atom. The van der Waals surface area contributed by atoms with Crippen molar-refractivity contribution in [3.63, 3.8) is 0 Å². The molecule has 4 rings (SSSR count). The highest BCUT2D eigenvalue weighted by Gasteiger charge is 2.38. The highest BCUT2D eigenvalue weighted by atomic mass is 32.2. The first-order chi connectivity index (χ1) is 15.2. The molecule has 0 spiro atoms. The maximum atomic E-state index is 12.8. The average Bonchev–Trinajstić information content (AvgIpc) is 3.29. The fraction of sp³-hybridized carbons (Fsp3) is 0.348. The number of ether oxygens (including phenoxy) is 1. The molecule has 2 heterocycles. The number of hydrogen-bond donors (Lipinski definition) is 0. The summed E-state index contributed by atoms with van der Waals surface area (Å²) in [7, 11) is -0.555. The summed E-state index contributed by atoms with van der Waals surface area (Å²) >= 11 is 0. The van der Waals surface area contributed by atoms with Crippen LogP contribution in [0.1, 0.15) is 43.5 Å². The van der Waals surface area contributed by atoms with Gasteiger partial charge in [-0.1, -0.05) is 19.0 Å². The molecule has 0 fully saturated rings. The minimum atomic E-state index is -3.51. The van der Waals surface area contributed by atoms with E-state index in [2.05, 4.69) is 10.1 Å². The molecule has 0 atom stereocenters. The van der Waals surface area contributed by atoms with Crippen molar-refractivity contribution in [1.82, 2.24) is 14.4 Å². The number of ketones is 1. The van der Waals surface area contributed by atoms with Crippen molar-refractivity contribution in [3.8, 4) is 28.6 Å². The topological polar surface area (TPSA) is 103 Å². The maximum absolute atomic E-state index is 12.8. The Balaban J connectivity index is 1.61. The Morgan fingerprint density at radius 1 is 1.03 bits per heavy atom. The molecule has 1 aliphatic heterocycles. The van der Waals surface area contributed by atoms with Gasteiger partial charge in [0.05, 0.1) is 16.9 Å². The molecular formula is C23H25N3O5S. The van der Waals surface area contributed by atoms with Crippen molar-refractivity contribution in [3.05, 3.63) is 48.0 Å². The molecule has 3 aromatic rings. The van der Waals surface area contributed by atoms with Crippen LogP contribution in [0.2, 0.25) is 0 Å². The van der Waals surface area contributed by atoms with E-state index in [1.165, 1.54) is 26.2 Å². The summed E-state index contributed by atoms with van der Waals surface area (Å²) in [5.74, 6) is 1.20. The molecule has 0 unspecified atom stereocenters. The molecule has 32 heavy (non-hydrogen) atoms. The van der Waals surface area contributed by atoms with Crippen LogP contribution in [0.4, 0.5) is 0 Å². The Bertz CT molecular complexity index is 1260. The predicted octanol–water partition coefficient (Wildman–Crippen LogP) is 4.18. The van der Waals surface area contributed by atoms with E-state index in [1.807, 2.05) is 13.8 Å². The van der Waals surface area contributed by atoms with Crippen molar-refractivity contribution >= 4 is 15.8 Å². The first kappa shape index (κ1) is 22.2. The lowest BCUT2D eigenvalue weighted by molar-refractivity contribution is 0.0350. The Kier molecular flexibility index (Phi) is 5.64. The van der Waals surface area contributed by atoms with Crippen LogP contribution in [0.15, 0.2) is 51.9 Å². The molecule has 1 aliphatic rings. The van der Waals surface area contributed by atoms with Crippen molar-refractivity contribution in [2.24, 2.45) is 0 Å². The lowest BCUT2D eigenvalue weighted by Crippen LogP contribution is -2.40. The van der Waals surface area contributed by atoms with Gasteiger partial charge in [0, 0.05) is 25.2 Å². The van der Waals surface area contributed by atoms with Crippen LogP contribution in [-0.4, -0.2) is 48.3 Å². The second kappa shape index (κ2) is 8.14. The normalized spacial score (nSPS) is 15.5. The first-order valence-corrected chi connectivity index (χ1v) is 11.9. The highest BCUT2D eigenvalue weighted by Crippen LogP contribution is 2.39. The fourth-order valence-corrected chi connectivity index (χ4v) is 4.62. The summed E-state index contributed by atoms with van der Waals surface area (Å²) < 4.78 is 37.2. The minimum absolute atomic E-state index is 0.0363. The van der Waals surface area contributed by atoms with Crippen LogP contribution in [0, 0.1) is 0 Å². The van der Waals surface area contributed by atoms with Gasteiger partial charge in [-0.25, -0.2) is 12.7 Å². The summed E-state index contributed by atoms with van der Waals surface area (Å²) in [4.78, 5) is 17.4. The number of carbonyl (C=O) groups is 1. The van der Waals surface area contributed by atoms with E-state index in [1.54, 1.807) is 30.3 Å². The number of fused-ring (bicyclic) bond motifs is 1. The third kappa shape index (κ3) is 3.82. The molecule has 0 saturated carbocycles. The molecule has 0 N–H and O–H groups in total. The second-order valence-corrected chi connectivity index (χ2v) is 10.2. The zero-order chi connectivity index (χ0) is 23.1. The molecule has 0 radical (unpaired) electrons. The number of hydrogen-bond acceptors (Lipinski definition) is 7. The molecule has 2 aromatic carbocycles. The molecule has 0 saturated heterocycles. The summed E-state index contributed by atoms with van der Waals surface area (Å²) in [5.41, 5.74) is 1.30. The van der Waals surface area contributed by atoms with Crippen LogP contribution in [0.5, 0.6) is 5.75 Å². The number of aromatic nitrogens is 2. The van der Waals surface area contributed by atoms with E-state index in [0.29, 0.717) is 34.7 Å². The van der Waals surface area contributed by atoms with E-state index < -0.39 is 15.6 Å². The van der Waals surface area contributed by atoms with Crippen LogP contribution < -0.4 is 4.74 Å². The van der Waals surface area contributed by atoms with E-state index in [4.69, 9.17) is 9.26 Å². The van der Waals surface area contributed by atoms with Gasteiger partial charge in [-0.2, -0.15) is 4.98 Å². The van der Waals surface area contributed by atoms with E-state index in [0.717, 1.165) is 17.1 Å². The van der Waals surface area contributed by atoms with Gasteiger partial charge in [0.15, 0.2) is 5.78 Å². The van der Waals surface area contributed by atoms with Crippen LogP contribution in [-0.2, 0) is 10.0 Å². The second-order valence-electron chi connectivity index (χ2n) is 8.04. The van der Waals surface area contributed by atoms with Gasteiger partial charge in [0.25, 0.3) is 5.89 Å². The number of nitrogens with zero attached hydrogens (tertiary/aromatic N) is 3. The van der Waals surface area contributed by atoms with E-state index in [-0.39, 0.29) is 16.6 Å². The Morgan fingerprint density at radius 2 is 1.69 bits per heavy atom.